The summed E-state index contributed by atoms with van der Waals surface area (Å²) in [6.07, 6.45) is 0.849. The van der Waals surface area contributed by atoms with Crippen LogP contribution in [0, 0.1) is 0 Å². The minimum absolute atomic E-state index is 0. The van der Waals surface area contributed by atoms with Crippen molar-refractivity contribution in [3.63, 3.8) is 0 Å². The van der Waals surface area contributed by atoms with Crippen LogP contribution < -0.4 is 10.5 Å². The van der Waals surface area contributed by atoms with Crippen molar-refractivity contribution in [2.45, 2.75) is 12.5 Å². The maximum Gasteiger partial charge on any atom is 0.125 e. The lowest BCUT2D eigenvalue weighted by Crippen LogP contribution is -2.13. The molecule has 0 aliphatic carbocycles. The molecule has 0 radical (unpaired) electrons. The molecule has 0 bridgehead atoms. The minimum Gasteiger partial charge on any atom is -0.486 e. The molecule has 18 heavy (non-hydrogen) atoms. The highest BCUT2D eigenvalue weighted by atomic mass is 35.5. The third kappa shape index (κ3) is 4.06. The lowest BCUT2D eigenvalue weighted by atomic mass is 10.1. The average molecular weight is 264 g/mol. The third-order valence-corrected chi connectivity index (χ3v) is 2.62. The Balaban J connectivity index is 0.00000162. The van der Waals surface area contributed by atoms with E-state index in [1.54, 1.807) is 0 Å². The lowest BCUT2D eigenvalue weighted by molar-refractivity contribution is 0.198. The molecule has 1 unspecified atom stereocenters. The SMILES string of the molecule is Cl.NCCC(Oc1ccccc1)c1ccccc1. The molecule has 2 aromatic carbocycles. The van der Waals surface area contributed by atoms with Crippen LogP contribution in [0.3, 0.4) is 0 Å². The fourth-order valence-corrected chi connectivity index (χ4v) is 1.78. The van der Waals surface area contributed by atoms with Crippen LogP contribution in [0.1, 0.15) is 18.1 Å². The summed E-state index contributed by atoms with van der Waals surface area (Å²) in [5.41, 5.74) is 6.81. The minimum atomic E-state index is 0. The van der Waals surface area contributed by atoms with E-state index in [-0.39, 0.29) is 18.5 Å². The molecule has 0 aromatic heterocycles. The van der Waals surface area contributed by atoms with Crippen LogP contribution >= 0.6 is 12.4 Å². The van der Waals surface area contributed by atoms with Crippen molar-refractivity contribution in [2.24, 2.45) is 5.73 Å². The Morgan fingerprint density at radius 2 is 1.44 bits per heavy atom. The summed E-state index contributed by atoms with van der Waals surface area (Å²) in [7, 11) is 0. The second-order valence-corrected chi connectivity index (χ2v) is 3.91. The highest BCUT2D eigenvalue weighted by Crippen LogP contribution is 2.23. The number of rotatable bonds is 5. The number of hydrogen-bond acceptors (Lipinski definition) is 2. The summed E-state index contributed by atoms with van der Waals surface area (Å²) in [4.78, 5) is 0. The Labute approximate surface area is 114 Å². The van der Waals surface area contributed by atoms with Gasteiger partial charge in [-0.3, -0.25) is 0 Å². The Hall–Kier alpha value is -1.51. The van der Waals surface area contributed by atoms with Crippen molar-refractivity contribution in [3.8, 4) is 5.75 Å². The highest BCUT2D eigenvalue weighted by molar-refractivity contribution is 5.85. The van der Waals surface area contributed by atoms with Gasteiger partial charge in [-0.05, 0) is 24.2 Å². The molecular weight excluding hydrogens is 246 g/mol. The van der Waals surface area contributed by atoms with Crippen molar-refractivity contribution in [1.82, 2.24) is 0 Å². The summed E-state index contributed by atoms with van der Waals surface area (Å²) in [5.74, 6) is 0.884. The van der Waals surface area contributed by atoms with E-state index in [1.165, 1.54) is 5.56 Å². The molecule has 3 heteroatoms. The molecule has 1 atom stereocenters. The molecule has 2 aromatic rings. The first kappa shape index (κ1) is 14.6. The normalized spacial score (nSPS) is 11.4. The van der Waals surface area contributed by atoms with Gasteiger partial charge in [-0.1, -0.05) is 48.5 Å². The van der Waals surface area contributed by atoms with E-state index < -0.39 is 0 Å². The van der Waals surface area contributed by atoms with Crippen LogP contribution in [0.2, 0.25) is 0 Å². The smallest absolute Gasteiger partial charge is 0.125 e. The number of hydrogen-bond donors (Lipinski definition) is 1. The van der Waals surface area contributed by atoms with Crippen molar-refractivity contribution in [2.75, 3.05) is 6.54 Å². The monoisotopic (exact) mass is 263 g/mol. The van der Waals surface area contributed by atoms with Crippen LogP contribution in [-0.4, -0.2) is 6.54 Å². The predicted octanol–water partition coefficient (Wildman–Crippen LogP) is 3.58. The predicted molar refractivity (Wildman–Crippen MR) is 77.2 cm³/mol. The summed E-state index contributed by atoms with van der Waals surface area (Å²) >= 11 is 0. The van der Waals surface area contributed by atoms with Crippen molar-refractivity contribution >= 4 is 12.4 Å². The first-order valence-corrected chi connectivity index (χ1v) is 5.87. The number of halogens is 1. The van der Waals surface area contributed by atoms with Gasteiger partial charge >= 0.3 is 0 Å². The Morgan fingerprint density at radius 3 is 2.00 bits per heavy atom. The number of nitrogens with two attached hydrogens (primary N) is 1. The van der Waals surface area contributed by atoms with Gasteiger partial charge in [0, 0.05) is 6.42 Å². The first-order chi connectivity index (χ1) is 8.40. The quantitative estimate of drug-likeness (QED) is 0.895. The first-order valence-electron chi connectivity index (χ1n) is 5.87. The zero-order valence-electron chi connectivity index (χ0n) is 10.2. The van der Waals surface area contributed by atoms with E-state index in [9.17, 15) is 0 Å². The molecule has 0 aliphatic rings. The Bertz CT molecular complexity index is 433. The zero-order valence-corrected chi connectivity index (χ0v) is 11.0. The standard InChI is InChI=1S/C15H17NO.ClH/c16-12-11-15(13-7-3-1-4-8-13)17-14-9-5-2-6-10-14;/h1-10,15H,11-12,16H2;1H. The van der Waals surface area contributed by atoms with Gasteiger partial charge < -0.3 is 10.5 Å². The van der Waals surface area contributed by atoms with Crippen LogP contribution in [-0.2, 0) is 0 Å². The van der Waals surface area contributed by atoms with E-state index in [0.717, 1.165) is 12.2 Å². The van der Waals surface area contributed by atoms with Gasteiger partial charge in [0.05, 0.1) is 0 Å². The molecule has 0 aliphatic heterocycles. The highest BCUT2D eigenvalue weighted by Gasteiger charge is 2.11. The molecule has 0 spiro atoms. The molecule has 0 saturated carbocycles. The largest absolute Gasteiger partial charge is 0.486 e. The van der Waals surface area contributed by atoms with Crippen molar-refractivity contribution in [3.05, 3.63) is 66.2 Å². The van der Waals surface area contributed by atoms with Gasteiger partial charge in [0.2, 0.25) is 0 Å². The molecule has 0 amide bonds. The van der Waals surface area contributed by atoms with Gasteiger partial charge in [-0.2, -0.15) is 0 Å². The number of para-hydroxylation sites is 1. The van der Waals surface area contributed by atoms with Crippen LogP contribution in [0.25, 0.3) is 0 Å². The lowest BCUT2D eigenvalue weighted by Gasteiger charge is -2.18. The van der Waals surface area contributed by atoms with Crippen molar-refractivity contribution < 1.29 is 4.74 Å². The van der Waals surface area contributed by atoms with Gasteiger partial charge in [-0.15, -0.1) is 12.4 Å². The topological polar surface area (TPSA) is 35.2 Å². The molecule has 0 heterocycles. The van der Waals surface area contributed by atoms with E-state index in [4.69, 9.17) is 10.5 Å². The fraction of sp³-hybridized carbons (Fsp3) is 0.200. The summed E-state index contributed by atoms with van der Waals surface area (Å²) < 4.78 is 5.96. The molecule has 96 valence electrons. The van der Waals surface area contributed by atoms with E-state index >= 15 is 0 Å². The number of benzene rings is 2. The number of ether oxygens (including phenoxy) is 1. The second kappa shape index (κ2) is 7.75. The Morgan fingerprint density at radius 1 is 0.889 bits per heavy atom. The van der Waals surface area contributed by atoms with E-state index in [2.05, 4.69) is 12.1 Å². The van der Waals surface area contributed by atoms with Crippen molar-refractivity contribution in [1.29, 1.82) is 0 Å². The maximum atomic E-state index is 5.96. The Kier molecular flexibility index (Phi) is 6.26. The van der Waals surface area contributed by atoms with Gasteiger partial charge in [0.15, 0.2) is 0 Å². The maximum absolute atomic E-state index is 5.96. The molecule has 2 nitrogen and oxygen atoms in total. The molecule has 2 rings (SSSR count). The summed E-state index contributed by atoms with van der Waals surface area (Å²) in [6, 6.07) is 20.0. The molecule has 0 saturated heterocycles. The molecular formula is C15H18ClNO. The van der Waals surface area contributed by atoms with Gasteiger partial charge in [0.25, 0.3) is 0 Å². The fourth-order valence-electron chi connectivity index (χ4n) is 1.78. The third-order valence-electron chi connectivity index (χ3n) is 2.62. The summed E-state index contributed by atoms with van der Waals surface area (Å²) in [5, 5.41) is 0. The molecule has 2 N–H and O–H groups in total. The van der Waals surface area contributed by atoms with Gasteiger partial charge in [0.1, 0.15) is 11.9 Å². The van der Waals surface area contributed by atoms with Gasteiger partial charge in [-0.25, -0.2) is 0 Å². The van der Waals surface area contributed by atoms with Crippen LogP contribution in [0.5, 0.6) is 5.75 Å². The molecule has 0 fully saturated rings. The second-order valence-electron chi connectivity index (χ2n) is 3.91. The van der Waals surface area contributed by atoms with Crippen LogP contribution in [0.15, 0.2) is 60.7 Å². The van der Waals surface area contributed by atoms with E-state index in [0.29, 0.717) is 6.54 Å². The van der Waals surface area contributed by atoms with E-state index in [1.807, 2.05) is 48.5 Å². The summed E-state index contributed by atoms with van der Waals surface area (Å²) in [6.45, 7) is 0.617. The zero-order chi connectivity index (χ0) is 11.9. The van der Waals surface area contributed by atoms with Crippen LogP contribution in [0.4, 0.5) is 0 Å². The average Bonchev–Trinajstić information content (AvgIpc) is 2.40.